The highest BCUT2D eigenvalue weighted by molar-refractivity contribution is 9.09. The van der Waals surface area contributed by atoms with Gasteiger partial charge in [0, 0.05) is 10.5 Å². The Kier molecular flexibility index (Phi) is 8.16. The minimum atomic E-state index is -1.25. The van der Waals surface area contributed by atoms with Crippen LogP contribution in [0.25, 0.3) is 0 Å². The van der Waals surface area contributed by atoms with E-state index in [1.165, 1.54) is 4.90 Å². The van der Waals surface area contributed by atoms with Gasteiger partial charge in [-0.05, 0) is 62.6 Å². The van der Waals surface area contributed by atoms with Gasteiger partial charge in [-0.25, -0.2) is 0 Å². The Morgan fingerprint density at radius 2 is 1.93 bits per heavy atom. The second-order valence-corrected chi connectivity index (χ2v) is 12.1. The number of likely N-dealkylation sites (tertiary alicyclic amines) is 1. The molecular formula is C29H33BrClN3O6. The number of amides is 3. The predicted molar refractivity (Wildman–Crippen MR) is 155 cm³/mol. The molecule has 3 saturated heterocycles. The molecule has 0 saturated carbocycles. The maximum absolute atomic E-state index is 14.1. The summed E-state index contributed by atoms with van der Waals surface area (Å²) in [5.74, 6) is -2.24. The third kappa shape index (κ3) is 4.68. The minimum Gasteiger partial charge on any atom is -0.494 e. The molecule has 7 atom stereocenters. The van der Waals surface area contributed by atoms with Crippen LogP contribution >= 0.6 is 27.5 Å². The Labute approximate surface area is 246 Å². The topological polar surface area (TPSA) is 117 Å². The zero-order valence-electron chi connectivity index (χ0n) is 22.5. The monoisotopic (exact) mass is 633 g/mol. The number of aryl methyl sites for hydroxylation is 1. The molecule has 0 aromatic heterocycles. The summed E-state index contributed by atoms with van der Waals surface area (Å²) in [6, 6.07) is 10.6. The average Bonchev–Trinajstić information content (AvgIpc) is 3.52. The maximum Gasteiger partial charge on any atom is 0.250 e. The lowest BCUT2D eigenvalue weighted by atomic mass is 9.70. The molecule has 214 valence electrons. The van der Waals surface area contributed by atoms with Gasteiger partial charge in [-0.3, -0.25) is 14.4 Å². The number of hydrogen-bond acceptors (Lipinski definition) is 6. The van der Waals surface area contributed by atoms with Gasteiger partial charge in [-0.1, -0.05) is 46.6 Å². The van der Waals surface area contributed by atoms with Crippen LogP contribution in [0.2, 0.25) is 5.02 Å². The summed E-state index contributed by atoms with van der Waals surface area (Å²) < 4.78 is 12.0. The summed E-state index contributed by atoms with van der Waals surface area (Å²) in [5.41, 5.74) is 0.524. The lowest BCUT2D eigenvalue weighted by Gasteiger charge is -2.36. The smallest absolute Gasteiger partial charge is 0.250 e. The van der Waals surface area contributed by atoms with E-state index in [1.54, 1.807) is 36.4 Å². The number of benzene rings is 2. The molecular weight excluding hydrogens is 602 g/mol. The van der Waals surface area contributed by atoms with Crippen LogP contribution in [0.5, 0.6) is 5.75 Å². The number of hydrogen-bond donors (Lipinski definition) is 3. The number of halogens is 2. The van der Waals surface area contributed by atoms with Gasteiger partial charge < -0.3 is 30.1 Å². The molecule has 2 bridgehead atoms. The summed E-state index contributed by atoms with van der Waals surface area (Å²) >= 11 is 10.1. The molecule has 40 heavy (non-hydrogen) atoms. The molecule has 0 aliphatic carbocycles. The lowest BCUT2D eigenvalue weighted by Crippen LogP contribution is -2.56. The fourth-order valence-electron chi connectivity index (χ4n) is 6.48. The van der Waals surface area contributed by atoms with E-state index in [-0.39, 0.29) is 23.2 Å². The third-order valence-electron chi connectivity index (χ3n) is 8.26. The summed E-state index contributed by atoms with van der Waals surface area (Å²) in [6.45, 7) is 5.76. The number of fused-ring (bicyclic) bond motifs is 1. The Morgan fingerprint density at radius 1 is 1.20 bits per heavy atom. The first-order valence-corrected chi connectivity index (χ1v) is 14.8. The number of carbonyl (C=O) groups is 3. The molecule has 1 spiro atoms. The molecule has 11 heteroatoms. The molecule has 3 N–H and O–H groups in total. The van der Waals surface area contributed by atoms with E-state index < -0.39 is 41.5 Å². The first kappa shape index (κ1) is 28.9. The number of carbonyl (C=O) groups excluding carboxylic acids is 3. The SMILES string of the molecule is CCOc1ccc(NC(=O)[C@H]2[C@@H]3OC4(CC3Br)C(C(=O)Nc3c(C)cccc3Cl)N([C@@H](CC)CO)C(=O)[C@H]24)cc1. The summed E-state index contributed by atoms with van der Waals surface area (Å²) in [7, 11) is 0. The molecule has 5 rings (SSSR count). The zero-order valence-corrected chi connectivity index (χ0v) is 24.9. The number of aliphatic hydroxyl groups excluding tert-OH is 1. The average molecular weight is 635 g/mol. The quantitative estimate of drug-likeness (QED) is 0.357. The van der Waals surface area contributed by atoms with E-state index in [4.69, 9.17) is 21.1 Å². The molecule has 3 aliphatic rings. The number of nitrogens with one attached hydrogen (secondary N) is 2. The number of rotatable bonds is 9. The first-order valence-electron chi connectivity index (χ1n) is 13.5. The van der Waals surface area contributed by atoms with Crippen LogP contribution in [0.15, 0.2) is 42.5 Å². The first-order chi connectivity index (χ1) is 19.2. The van der Waals surface area contributed by atoms with Crippen LogP contribution in [-0.2, 0) is 19.1 Å². The Bertz CT molecular complexity index is 1280. The zero-order chi connectivity index (χ0) is 28.8. The second kappa shape index (κ2) is 11.3. The van der Waals surface area contributed by atoms with Gasteiger partial charge in [0.2, 0.25) is 17.7 Å². The van der Waals surface area contributed by atoms with E-state index in [2.05, 4.69) is 26.6 Å². The van der Waals surface area contributed by atoms with Gasteiger partial charge in [-0.2, -0.15) is 0 Å². The molecule has 2 aromatic rings. The van der Waals surface area contributed by atoms with Gasteiger partial charge in [0.25, 0.3) is 0 Å². The minimum absolute atomic E-state index is 0.251. The van der Waals surface area contributed by atoms with E-state index in [1.807, 2.05) is 26.8 Å². The van der Waals surface area contributed by atoms with Gasteiger partial charge in [-0.15, -0.1) is 0 Å². The highest BCUT2D eigenvalue weighted by Crippen LogP contribution is 2.60. The predicted octanol–water partition coefficient (Wildman–Crippen LogP) is 4.14. The van der Waals surface area contributed by atoms with Gasteiger partial charge >= 0.3 is 0 Å². The van der Waals surface area contributed by atoms with E-state index in [0.29, 0.717) is 41.6 Å². The molecule has 2 aromatic carbocycles. The van der Waals surface area contributed by atoms with Crippen molar-refractivity contribution in [2.75, 3.05) is 23.8 Å². The lowest BCUT2D eigenvalue weighted by molar-refractivity contribution is -0.143. The fourth-order valence-corrected chi connectivity index (χ4v) is 7.69. The highest BCUT2D eigenvalue weighted by atomic mass is 79.9. The largest absolute Gasteiger partial charge is 0.494 e. The Balaban J connectivity index is 1.50. The fraction of sp³-hybridized carbons (Fsp3) is 0.483. The van der Waals surface area contributed by atoms with Crippen molar-refractivity contribution in [3.63, 3.8) is 0 Å². The Hall–Kier alpha value is -2.66. The maximum atomic E-state index is 14.1. The number of aliphatic hydroxyl groups is 1. The van der Waals surface area contributed by atoms with Crippen molar-refractivity contribution in [2.24, 2.45) is 11.8 Å². The number of anilines is 2. The van der Waals surface area contributed by atoms with Crippen molar-refractivity contribution in [3.05, 3.63) is 53.1 Å². The Morgan fingerprint density at radius 3 is 2.55 bits per heavy atom. The molecule has 3 fully saturated rings. The van der Waals surface area contributed by atoms with Crippen LogP contribution in [0, 0.1) is 18.8 Å². The standard InChI is InChI=1S/C29H33BrClN3O6/c1-4-17(14-35)34-25(27(37)33-23-15(3)7-6-8-20(23)31)29-13-19(30)24(40-29)21(22(29)28(34)38)26(36)32-16-9-11-18(12-10-16)39-5-2/h6-12,17,19,21-22,24-25,35H,4-5,13-14H2,1-3H3,(H,32,36)(H,33,37)/t17-,19?,21+,22-,24+,25?,29?/m0/s1. The molecule has 9 nitrogen and oxygen atoms in total. The van der Waals surface area contributed by atoms with Crippen LogP contribution < -0.4 is 15.4 Å². The van der Waals surface area contributed by atoms with Crippen molar-refractivity contribution in [1.29, 1.82) is 0 Å². The number of ether oxygens (including phenoxy) is 2. The van der Waals surface area contributed by atoms with Crippen molar-refractivity contribution in [1.82, 2.24) is 4.90 Å². The number of nitrogens with zero attached hydrogens (tertiary/aromatic N) is 1. The number of para-hydroxylation sites is 1. The van der Waals surface area contributed by atoms with Crippen molar-refractivity contribution < 1.29 is 29.0 Å². The van der Waals surface area contributed by atoms with Crippen molar-refractivity contribution in [3.8, 4) is 5.75 Å². The summed E-state index contributed by atoms with van der Waals surface area (Å²) in [5, 5.41) is 16.4. The van der Waals surface area contributed by atoms with E-state index in [9.17, 15) is 19.5 Å². The van der Waals surface area contributed by atoms with E-state index in [0.717, 1.165) is 5.56 Å². The molecule has 3 heterocycles. The third-order valence-corrected chi connectivity index (χ3v) is 9.42. The molecule has 3 aliphatic heterocycles. The molecule has 0 radical (unpaired) electrons. The van der Waals surface area contributed by atoms with E-state index >= 15 is 0 Å². The van der Waals surface area contributed by atoms with Crippen LogP contribution in [0.3, 0.4) is 0 Å². The number of alkyl halides is 1. The summed E-state index contributed by atoms with van der Waals surface area (Å²) in [4.78, 5) is 43.1. The van der Waals surface area contributed by atoms with Crippen molar-refractivity contribution in [2.45, 2.75) is 62.2 Å². The van der Waals surface area contributed by atoms with Crippen LogP contribution in [0.4, 0.5) is 11.4 Å². The highest BCUT2D eigenvalue weighted by Gasteiger charge is 2.77. The second-order valence-electron chi connectivity index (χ2n) is 10.5. The molecule has 3 unspecified atom stereocenters. The van der Waals surface area contributed by atoms with Gasteiger partial charge in [0.1, 0.15) is 17.4 Å². The van der Waals surface area contributed by atoms with Gasteiger partial charge in [0.15, 0.2) is 0 Å². The van der Waals surface area contributed by atoms with Gasteiger partial charge in [0.05, 0.1) is 47.9 Å². The summed E-state index contributed by atoms with van der Waals surface area (Å²) in [6.07, 6.45) is 0.175. The van der Waals surface area contributed by atoms with Crippen LogP contribution in [0.1, 0.15) is 32.3 Å². The van der Waals surface area contributed by atoms with Crippen molar-refractivity contribution >= 4 is 56.6 Å². The van der Waals surface area contributed by atoms with Crippen LogP contribution in [-0.4, -0.2) is 69.6 Å². The molecule has 3 amide bonds. The normalized spacial score (nSPS) is 29.3.